The minimum atomic E-state index is -1.04. The van der Waals surface area contributed by atoms with Gasteiger partial charge in [-0.05, 0) is 31.0 Å². The fourth-order valence-electron chi connectivity index (χ4n) is 2.05. The topological polar surface area (TPSA) is 78.9 Å². The first kappa shape index (κ1) is 13.2. The Morgan fingerprint density at radius 2 is 2.00 bits per heavy atom. The maximum atomic E-state index is 12.0. The lowest BCUT2D eigenvalue weighted by Gasteiger charge is -2.17. The highest BCUT2D eigenvalue weighted by Gasteiger charge is 2.19. The molecule has 1 aromatic rings. The van der Waals surface area contributed by atoms with E-state index in [2.05, 4.69) is 5.32 Å². The lowest BCUT2D eigenvalue weighted by molar-refractivity contribution is 0.0697. The van der Waals surface area contributed by atoms with Crippen LogP contribution in [-0.4, -0.2) is 42.2 Å². The molecule has 6 nitrogen and oxygen atoms in total. The van der Waals surface area contributed by atoms with Crippen LogP contribution in [0.3, 0.4) is 0 Å². The number of anilines is 1. The van der Waals surface area contributed by atoms with E-state index in [1.54, 1.807) is 4.90 Å². The standard InChI is InChI=1S/C13H16N2O4/c1-19-11-5-4-9(12(16)17)8-10(11)14-13(18)15-6-2-3-7-15/h4-5,8H,2-3,6-7H2,1H3,(H,14,18)(H,16,17). The van der Waals surface area contributed by atoms with Gasteiger partial charge < -0.3 is 20.1 Å². The maximum absolute atomic E-state index is 12.0. The summed E-state index contributed by atoms with van der Waals surface area (Å²) in [4.78, 5) is 24.6. The first-order valence-corrected chi connectivity index (χ1v) is 6.09. The van der Waals surface area contributed by atoms with E-state index in [-0.39, 0.29) is 11.6 Å². The van der Waals surface area contributed by atoms with Crippen molar-refractivity contribution in [2.24, 2.45) is 0 Å². The zero-order valence-corrected chi connectivity index (χ0v) is 10.7. The van der Waals surface area contributed by atoms with E-state index in [1.807, 2.05) is 0 Å². The number of carbonyl (C=O) groups is 2. The molecular formula is C13H16N2O4. The normalized spacial score (nSPS) is 14.3. The van der Waals surface area contributed by atoms with Gasteiger partial charge >= 0.3 is 12.0 Å². The molecule has 1 aromatic carbocycles. The minimum absolute atomic E-state index is 0.109. The third kappa shape index (κ3) is 2.96. The number of amides is 2. The average Bonchev–Trinajstić information content (AvgIpc) is 2.92. The lowest BCUT2D eigenvalue weighted by atomic mass is 10.2. The Morgan fingerprint density at radius 1 is 1.32 bits per heavy atom. The molecule has 0 radical (unpaired) electrons. The molecule has 0 bridgehead atoms. The Labute approximate surface area is 111 Å². The molecule has 1 aliphatic rings. The zero-order chi connectivity index (χ0) is 13.8. The molecule has 1 heterocycles. The van der Waals surface area contributed by atoms with Crippen LogP contribution in [0.5, 0.6) is 5.75 Å². The fraction of sp³-hybridized carbons (Fsp3) is 0.385. The number of hydrogen-bond donors (Lipinski definition) is 2. The summed E-state index contributed by atoms with van der Waals surface area (Å²) in [6.07, 6.45) is 2.00. The van der Waals surface area contributed by atoms with Crippen molar-refractivity contribution in [3.8, 4) is 5.75 Å². The second kappa shape index (κ2) is 5.60. The van der Waals surface area contributed by atoms with E-state index >= 15 is 0 Å². The van der Waals surface area contributed by atoms with Gasteiger partial charge in [0.05, 0.1) is 18.4 Å². The number of urea groups is 1. The number of ether oxygens (including phenoxy) is 1. The lowest BCUT2D eigenvalue weighted by Crippen LogP contribution is -2.32. The third-order valence-corrected chi connectivity index (χ3v) is 3.08. The second-order valence-corrected chi connectivity index (χ2v) is 4.34. The molecule has 0 unspecified atom stereocenters. The van der Waals surface area contributed by atoms with Crippen LogP contribution in [-0.2, 0) is 0 Å². The predicted molar refractivity (Wildman–Crippen MR) is 69.8 cm³/mol. The summed E-state index contributed by atoms with van der Waals surface area (Å²) in [7, 11) is 1.47. The van der Waals surface area contributed by atoms with Crippen molar-refractivity contribution in [1.82, 2.24) is 4.90 Å². The molecule has 6 heteroatoms. The summed E-state index contributed by atoms with van der Waals surface area (Å²) < 4.78 is 5.12. The number of nitrogens with zero attached hydrogens (tertiary/aromatic N) is 1. The summed E-state index contributed by atoms with van der Waals surface area (Å²) >= 11 is 0. The SMILES string of the molecule is COc1ccc(C(=O)O)cc1NC(=O)N1CCCC1. The first-order chi connectivity index (χ1) is 9.11. The predicted octanol–water partition coefficient (Wildman–Crippen LogP) is 2.02. The number of carboxylic acids is 1. The molecule has 0 aliphatic carbocycles. The smallest absolute Gasteiger partial charge is 0.335 e. The van der Waals surface area contributed by atoms with Gasteiger partial charge in [0.15, 0.2) is 0 Å². The highest BCUT2D eigenvalue weighted by atomic mass is 16.5. The molecule has 1 fully saturated rings. The van der Waals surface area contributed by atoms with Crippen molar-refractivity contribution in [3.05, 3.63) is 23.8 Å². The molecule has 0 atom stereocenters. The summed E-state index contributed by atoms with van der Waals surface area (Å²) in [6.45, 7) is 1.46. The van der Waals surface area contributed by atoms with Gasteiger partial charge in [0.2, 0.25) is 0 Å². The van der Waals surface area contributed by atoms with E-state index in [4.69, 9.17) is 9.84 Å². The Balaban J connectivity index is 2.19. The van der Waals surface area contributed by atoms with Gasteiger partial charge in [-0.2, -0.15) is 0 Å². The van der Waals surface area contributed by atoms with Gasteiger partial charge in [0.25, 0.3) is 0 Å². The van der Waals surface area contributed by atoms with Crippen LogP contribution in [0.15, 0.2) is 18.2 Å². The number of aromatic carboxylic acids is 1. The summed E-state index contributed by atoms with van der Waals surface area (Å²) in [5.74, 6) is -0.600. The molecule has 0 saturated carbocycles. The Hall–Kier alpha value is -2.24. The minimum Gasteiger partial charge on any atom is -0.495 e. The fourth-order valence-corrected chi connectivity index (χ4v) is 2.05. The Bertz CT molecular complexity index is 495. The molecule has 2 rings (SSSR count). The van der Waals surface area contributed by atoms with Gasteiger partial charge in [0.1, 0.15) is 5.75 Å². The van der Waals surface area contributed by atoms with Crippen molar-refractivity contribution in [2.45, 2.75) is 12.8 Å². The van der Waals surface area contributed by atoms with Gasteiger partial charge in [0, 0.05) is 13.1 Å². The van der Waals surface area contributed by atoms with Gasteiger partial charge in [-0.15, -0.1) is 0 Å². The quantitative estimate of drug-likeness (QED) is 0.875. The van der Waals surface area contributed by atoms with Crippen molar-refractivity contribution in [2.75, 3.05) is 25.5 Å². The van der Waals surface area contributed by atoms with E-state index in [0.29, 0.717) is 11.4 Å². The molecule has 1 aliphatic heterocycles. The monoisotopic (exact) mass is 264 g/mol. The maximum Gasteiger partial charge on any atom is 0.335 e. The van der Waals surface area contributed by atoms with Crippen molar-refractivity contribution in [3.63, 3.8) is 0 Å². The van der Waals surface area contributed by atoms with Crippen LogP contribution in [0, 0.1) is 0 Å². The summed E-state index contributed by atoms with van der Waals surface area (Å²) in [6, 6.07) is 4.14. The van der Waals surface area contributed by atoms with Gasteiger partial charge in [-0.3, -0.25) is 0 Å². The largest absolute Gasteiger partial charge is 0.495 e. The first-order valence-electron chi connectivity index (χ1n) is 6.09. The molecular weight excluding hydrogens is 248 g/mol. The van der Waals surface area contributed by atoms with E-state index in [0.717, 1.165) is 25.9 Å². The average molecular weight is 264 g/mol. The number of hydrogen-bond acceptors (Lipinski definition) is 3. The number of methoxy groups -OCH3 is 1. The van der Waals surface area contributed by atoms with Crippen LogP contribution in [0.2, 0.25) is 0 Å². The zero-order valence-electron chi connectivity index (χ0n) is 10.7. The number of carbonyl (C=O) groups excluding carboxylic acids is 1. The van der Waals surface area contributed by atoms with Gasteiger partial charge in [-0.1, -0.05) is 0 Å². The molecule has 0 spiro atoms. The van der Waals surface area contributed by atoms with Crippen molar-refractivity contribution >= 4 is 17.7 Å². The van der Waals surface area contributed by atoms with E-state index in [1.165, 1.54) is 25.3 Å². The highest BCUT2D eigenvalue weighted by Crippen LogP contribution is 2.26. The molecule has 2 amide bonds. The number of nitrogens with one attached hydrogen (secondary N) is 1. The molecule has 0 aromatic heterocycles. The number of benzene rings is 1. The molecule has 2 N–H and O–H groups in total. The molecule has 1 saturated heterocycles. The summed E-state index contributed by atoms with van der Waals surface area (Å²) in [5, 5.41) is 11.7. The second-order valence-electron chi connectivity index (χ2n) is 4.34. The van der Waals surface area contributed by atoms with Crippen LogP contribution < -0.4 is 10.1 Å². The van der Waals surface area contributed by atoms with Crippen LogP contribution in [0.1, 0.15) is 23.2 Å². The van der Waals surface area contributed by atoms with E-state index < -0.39 is 5.97 Å². The van der Waals surface area contributed by atoms with E-state index in [9.17, 15) is 9.59 Å². The number of carboxylic acid groups (broad SMARTS) is 1. The number of likely N-dealkylation sites (tertiary alicyclic amines) is 1. The van der Waals surface area contributed by atoms with Crippen molar-refractivity contribution in [1.29, 1.82) is 0 Å². The third-order valence-electron chi connectivity index (χ3n) is 3.08. The van der Waals surface area contributed by atoms with Crippen molar-refractivity contribution < 1.29 is 19.4 Å². The Kier molecular flexibility index (Phi) is 3.89. The van der Waals surface area contributed by atoms with Crippen LogP contribution >= 0.6 is 0 Å². The Morgan fingerprint density at radius 3 is 2.58 bits per heavy atom. The van der Waals surface area contributed by atoms with Crippen LogP contribution in [0.4, 0.5) is 10.5 Å². The molecule has 102 valence electrons. The van der Waals surface area contributed by atoms with Gasteiger partial charge in [-0.25, -0.2) is 9.59 Å². The van der Waals surface area contributed by atoms with Crippen LogP contribution in [0.25, 0.3) is 0 Å². The molecule has 19 heavy (non-hydrogen) atoms. The summed E-state index contributed by atoms with van der Waals surface area (Å²) in [5.41, 5.74) is 0.483. The highest BCUT2D eigenvalue weighted by molar-refractivity contribution is 5.94. The number of rotatable bonds is 3.